The van der Waals surface area contributed by atoms with Crippen LogP contribution in [-0.2, 0) is 27.2 Å². The first-order chi connectivity index (χ1) is 14.3. The van der Waals surface area contributed by atoms with Crippen LogP contribution in [-0.4, -0.2) is 52.2 Å². The van der Waals surface area contributed by atoms with Gasteiger partial charge in [-0.3, -0.25) is 0 Å². The number of hydrogen-bond donors (Lipinski definition) is 3. The lowest BCUT2D eigenvalue weighted by Crippen LogP contribution is -2.32. The molecule has 0 radical (unpaired) electrons. The first-order valence-corrected chi connectivity index (χ1v) is 10.8. The number of carbonyl (C=O) groups is 2. The second kappa shape index (κ2) is 9.79. The predicted molar refractivity (Wildman–Crippen MR) is 109 cm³/mol. The van der Waals surface area contributed by atoms with Gasteiger partial charge in [-0.2, -0.15) is 0 Å². The van der Waals surface area contributed by atoms with E-state index < -0.39 is 18.0 Å². The van der Waals surface area contributed by atoms with Crippen molar-refractivity contribution in [2.24, 2.45) is 17.8 Å². The molecular weight excluding hydrogens is 388 g/mol. The topological polar surface area (TPSA) is 113 Å². The number of aliphatic hydroxyl groups is 2. The molecular formula is C23H32O7. The van der Waals surface area contributed by atoms with Crippen LogP contribution in [0.3, 0.4) is 0 Å². The molecule has 1 aromatic rings. The highest BCUT2D eigenvalue weighted by molar-refractivity contribution is 5.74. The average Bonchev–Trinajstić information content (AvgIpc) is 3.04. The monoisotopic (exact) mass is 420 g/mol. The van der Waals surface area contributed by atoms with Gasteiger partial charge in [0.15, 0.2) is 6.61 Å². The van der Waals surface area contributed by atoms with Gasteiger partial charge in [0, 0.05) is 0 Å². The zero-order chi connectivity index (χ0) is 21.8. The minimum absolute atomic E-state index is 0.121. The number of carbonyl (C=O) groups excluding carboxylic acids is 1. The summed E-state index contributed by atoms with van der Waals surface area (Å²) in [6.45, 7) is 2.97. The molecule has 0 unspecified atom stereocenters. The van der Waals surface area contributed by atoms with Gasteiger partial charge in [-0.1, -0.05) is 19.1 Å². The summed E-state index contributed by atoms with van der Waals surface area (Å²) >= 11 is 0. The third-order valence-corrected chi connectivity index (χ3v) is 6.58. The molecule has 0 aromatic heterocycles. The zero-order valence-corrected chi connectivity index (χ0v) is 17.6. The molecule has 7 heteroatoms. The van der Waals surface area contributed by atoms with Crippen LogP contribution < -0.4 is 4.74 Å². The van der Waals surface area contributed by atoms with Crippen LogP contribution in [0.15, 0.2) is 18.2 Å². The van der Waals surface area contributed by atoms with Crippen LogP contribution in [0, 0.1) is 17.8 Å². The molecule has 1 fully saturated rings. The third-order valence-electron chi connectivity index (χ3n) is 6.58. The molecule has 7 nitrogen and oxygen atoms in total. The maximum atomic E-state index is 12.1. The Morgan fingerprint density at radius 1 is 1.23 bits per heavy atom. The summed E-state index contributed by atoms with van der Waals surface area (Å²) in [5, 5.41) is 28.6. The highest BCUT2D eigenvalue weighted by atomic mass is 16.6. The van der Waals surface area contributed by atoms with E-state index in [1.54, 1.807) is 6.07 Å². The van der Waals surface area contributed by atoms with Gasteiger partial charge in [0.05, 0.1) is 6.10 Å². The lowest BCUT2D eigenvalue weighted by molar-refractivity contribution is -0.160. The first-order valence-electron chi connectivity index (χ1n) is 10.8. The lowest BCUT2D eigenvalue weighted by Gasteiger charge is -2.32. The van der Waals surface area contributed by atoms with Crippen molar-refractivity contribution in [2.75, 3.05) is 6.61 Å². The fourth-order valence-corrected chi connectivity index (χ4v) is 5.02. The van der Waals surface area contributed by atoms with Gasteiger partial charge in [-0.15, -0.1) is 0 Å². The molecule has 2 aliphatic carbocycles. The van der Waals surface area contributed by atoms with Crippen LogP contribution in [0.4, 0.5) is 0 Å². The Hall–Kier alpha value is -2.12. The van der Waals surface area contributed by atoms with Crippen molar-refractivity contribution >= 4 is 11.9 Å². The maximum Gasteiger partial charge on any atom is 0.341 e. The van der Waals surface area contributed by atoms with Crippen molar-refractivity contribution in [2.45, 2.75) is 70.7 Å². The Morgan fingerprint density at radius 3 is 2.67 bits per heavy atom. The summed E-state index contributed by atoms with van der Waals surface area (Å²) in [6, 6.07) is 5.73. The lowest BCUT2D eigenvalue weighted by atomic mass is 9.73. The van der Waals surface area contributed by atoms with E-state index in [4.69, 9.17) is 14.6 Å². The largest absolute Gasteiger partial charge is 0.482 e. The number of aliphatic carboxylic acids is 1. The molecule has 0 amide bonds. The molecule has 1 saturated carbocycles. The van der Waals surface area contributed by atoms with Crippen molar-refractivity contribution in [3.8, 4) is 5.75 Å². The molecule has 3 rings (SSSR count). The molecule has 0 spiro atoms. The van der Waals surface area contributed by atoms with Crippen LogP contribution >= 0.6 is 0 Å². The maximum absolute atomic E-state index is 12.1. The van der Waals surface area contributed by atoms with E-state index in [0.29, 0.717) is 30.9 Å². The van der Waals surface area contributed by atoms with Gasteiger partial charge in [0.1, 0.15) is 18.0 Å². The molecule has 30 heavy (non-hydrogen) atoms. The van der Waals surface area contributed by atoms with E-state index in [2.05, 4.69) is 0 Å². The highest BCUT2D eigenvalue weighted by Gasteiger charge is 2.47. The molecule has 6 atom stereocenters. The first kappa shape index (κ1) is 22.6. The minimum Gasteiger partial charge on any atom is -0.482 e. The molecule has 0 aliphatic heterocycles. The van der Waals surface area contributed by atoms with Crippen LogP contribution in [0.5, 0.6) is 5.75 Å². The second-order valence-corrected chi connectivity index (χ2v) is 8.60. The van der Waals surface area contributed by atoms with Gasteiger partial charge in [-0.05, 0) is 80.4 Å². The van der Waals surface area contributed by atoms with Crippen molar-refractivity contribution in [1.82, 2.24) is 0 Å². The summed E-state index contributed by atoms with van der Waals surface area (Å²) < 4.78 is 11.2. The molecule has 1 aromatic carbocycles. The van der Waals surface area contributed by atoms with Gasteiger partial charge in [0.2, 0.25) is 0 Å². The number of esters is 1. The molecule has 3 N–H and O–H groups in total. The Labute approximate surface area is 177 Å². The minimum atomic E-state index is -1.16. The number of benzene rings is 1. The molecule has 166 valence electrons. The standard InChI is InChI=1S/C23H32O7/c1-3-16(25)7-8-17-18-9-14-5-4-6-20(29-12-22(26)27)19(14)10-15(18)11-21(17)30-23(28)13(2)24/h4-6,13,15-18,21,24-25H,3,7-12H2,1-2H3,(H,26,27)/t13-,15-,16-,17+,18-,21+/m0/s1. The quantitative estimate of drug-likeness (QED) is 0.526. The molecule has 0 bridgehead atoms. The van der Waals surface area contributed by atoms with E-state index in [1.165, 1.54) is 6.92 Å². The highest BCUT2D eigenvalue weighted by Crippen LogP contribution is 2.49. The van der Waals surface area contributed by atoms with E-state index in [9.17, 15) is 19.8 Å². The summed E-state index contributed by atoms with van der Waals surface area (Å²) in [4.78, 5) is 23.0. The molecule has 0 heterocycles. The summed E-state index contributed by atoms with van der Waals surface area (Å²) in [6.07, 6.45) is 2.52. The predicted octanol–water partition coefficient (Wildman–Crippen LogP) is 2.34. The number of fused-ring (bicyclic) bond motifs is 2. The average molecular weight is 421 g/mol. The summed E-state index contributed by atoms with van der Waals surface area (Å²) in [7, 11) is 0. The van der Waals surface area contributed by atoms with Gasteiger partial charge in [0.25, 0.3) is 0 Å². The summed E-state index contributed by atoms with van der Waals surface area (Å²) in [5.74, 6) is -0.304. The second-order valence-electron chi connectivity index (χ2n) is 8.60. The smallest absolute Gasteiger partial charge is 0.341 e. The van der Waals surface area contributed by atoms with Gasteiger partial charge in [-0.25, -0.2) is 9.59 Å². The van der Waals surface area contributed by atoms with Crippen LogP contribution in [0.25, 0.3) is 0 Å². The van der Waals surface area contributed by atoms with Gasteiger partial charge >= 0.3 is 11.9 Å². The van der Waals surface area contributed by atoms with E-state index in [0.717, 1.165) is 30.4 Å². The van der Waals surface area contributed by atoms with Crippen LogP contribution in [0.2, 0.25) is 0 Å². The zero-order valence-electron chi connectivity index (χ0n) is 17.6. The van der Waals surface area contributed by atoms with Crippen molar-refractivity contribution in [3.63, 3.8) is 0 Å². The van der Waals surface area contributed by atoms with E-state index in [1.807, 2.05) is 19.1 Å². The SMILES string of the molecule is CC[C@H](O)CC[C@@H]1[C@H]2Cc3cccc(OCC(=O)O)c3C[C@H]2C[C@H]1OC(=O)[C@H](C)O. The number of carboxylic acids is 1. The fraction of sp³-hybridized carbons (Fsp3) is 0.652. The van der Waals surface area contributed by atoms with Crippen molar-refractivity contribution in [1.29, 1.82) is 0 Å². The molecule has 0 saturated heterocycles. The Kier molecular flexibility index (Phi) is 7.36. The summed E-state index contributed by atoms with van der Waals surface area (Å²) in [5.41, 5.74) is 2.18. The van der Waals surface area contributed by atoms with Crippen LogP contribution in [0.1, 0.15) is 50.7 Å². The molecule has 2 aliphatic rings. The third kappa shape index (κ3) is 5.13. The number of carboxylic acid groups (broad SMARTS) is 1. The Balaban J connectivity index is 1.80. The van der Waals surface area contributed by atoms with E-state index >= 15 is 0 Å². The fourth-order valence-electron chi connectivity index (χ4n) is 5.02. The number of rotatable bonds is 9. The van der Waals surface area contributed by atoms with Crippen molar-refractivity contribution < 1.29 is 34.4 Å². The normalized spacial score (nSPS) is 26.9. The number of hydrogen-bond acceptors (Lipinski definition) is 6. The van der Waals surface area contributed by atoms with Gasteiger partial charge < -0.3 is 24.8 Å². The van der Waals surface area contributed by atoms with Crippen molar-refractivity contribution in [3.05, 3.63) is 29.3 Å². The Morgan fingerprint density at radius 2 is 2.00 bits per heavy atom. The number of aliphatic hydroxyl groups excluding tert-OH is 2. The van der Waals surface area contributed by atoms with E-state index in [-0.39, 0.29) is 30.7 Å². The number of ether oxygens (including phenoxy) is 2. The Bertz CT molecular complexity index is 760.